The highest BCUT2D eigenvalue weighted by Gasteiger charge is 2.80. The number of aliphatic hydroxyl groups is 4. The summed E-state index contributed by atoms with van der Waals surface area (Å²) in [7, 11) is 1.23. The second-order valence-electron chi connectivity index (χ2n) is 14.9. The van der Waals surface area contributed by atoms with Crippen molar-refractivity contribution in [3.8, 4) is 0 Å². The van der Waals surface area contributed by atoms with E-state index in [0.29, 0.717) is 12.8 Å². The number of aliphatic hydroxyl groups excluding tert-OH is 2. The molecule has 0 aromatic rings. The number of rotatable bonds is 5. The number of carbonyl (C=O) groups is 2. The van der Waals surface area contributed by atoms with E-state index in [0.717, 1.165) is 24.8 Å². The lowest BCUT2D eigenvalue weighted by Gasteiger charge is -2.67. The van der Waals surface area contributed by atoms with Gasteiger partial charge in [-0.3, -0.25) is 4.79 Å². The maximum absolute atomic E-state index is 13.0. The van der Waals surface area contributed by atoms with Crippen molar-refractivity contribution >= 4 is 11.8 Å². The monoisotopic (exact) mass is 534 g/mol. The number of allylic oxidation sites excluding steroid dienone is 2. The van der Waals surface area contributed by atoms with Gasteiger partial charge in [-0.15, -0.1) is 0 Å². The van der Waals surface area contributed by atoms with Crippen LogP contribution < -0.4 is 0 Å². The molecule has 4 aliphatic rings. The van der Waals surface area contributed by atoms with E-state index in [1.165, 1.54) is 7.11 Å². The van der Waals surface area contributed by atoms with Gasteiger partial charge < -0.3 is 25.2 Å². The second kappa shape index (κ2) is 8.86. The van der Waals surface area contributed by atoms with Gasteiger partial charge >= 0.3 is 5.97 Å². The van der Waals surface area contributed by atoms with Crippen LogP contribution in [0.1, 0.15) is 93.9 Å². The lowest BCUT2D eigenvalue weighted by atomic mass is 9.38. The zero-order valence-corrected chi connectivity index (χ0v) is 24.8. The van der Waals surface area contributed by atoms with Crippen molar-refractivity contribution in [1.29, 1.82) is 0 Å². The topological polar surface area (TPSA) is 124 Å². The highest BCUT2D eigenvalue weighted by molar-refractivity contribution is 5.90. The molecule has 0 aliphatic heterocycles. The van der Waals surface area contributed by atoms with Crippen LogP contribution in [0, 0.1) is 45.3 Å². The molecule has 4 N–H and O–H groups in total. The molecular formula is C31H50O7. The lowest BCUT2D eigenvalue weighted by molar-refractivity contribution is -0.241. The molecule has 0 bridgehead atoms. The number of hydrogen-bond acceptors (Lipinski definition) is 7. The molecule has 216 valence electrons. The van der Waals surface area contributed by atoms with Crippen LogP contribution in [0.25, 0.3) is 0 Å². The Bertz CT molecular complexity index is 1030. The molecule has 0 amide bonds. The van der Waals surface area contributed by atoms with E-state index in [9.17, 15) is 30.0 Å². The number of methoxy groups -OCH3 is 1. The van der Waals surface area contributed by atoms with Gasteiger partial charge in [0.15, 0.2) is 11.4 Å². The summed E-state index contributed by atoms with van der Waals surface area (Å²) in [4.78, 5) is 25.6. The minimum Gasteiger partial charge on any atom is -0.467 e. The third kappa shape index (κ3) is 3.53. The Morgan fingerprint density at radius 3 is 2.16 bits per heavy atom. The van der Waals surface area contributed by atoms with E-state index >= 15 is 0 Å². The fourth-order valence-electron chi connectivity index (χ4n) is 10.8. The minimum atomic E-state index is -2.09. The van der Waals surface area contributed by atoms with Crippen LogP contribution in [0.3, 0.4) is 0 Å². The molecule has 0 aromatic carbocycles. The Labute approximate surface area is 228 Å². The van der Waals surface area contributed by atoms with Crippen molar-refractivity contribution in [3.63, 3.8) is 0 Å². The number of hydrogen-bond donors (Lipinski definition) is 4. The number of fused-ring (bicyclic) bond motifs is 5. The summed E-state index contributed by atoms with van der Waals surface area (Å²) in [6, 6.07) is 0. The average molecular weight is 535 g/mol. The third-order valence-corrected chi connectivity index (χ3v) is 12.6. The van der Waals surface area contributed by atoms with E-state index < -0.39 is 45.6 Å². The van der Waals surface area contributed by atoms with E-state index in [-0.39, 0.29) is 41.3 Å². The predicted octanol–water partition coefficient (Wildman–Crippen LogP) is 3.80. The number of esters is 1. The van der Waals surface area contributed by atoms with Crippen LogP contribution in [-0.4, -0.2) is 62.7 Å². The van der Waals surface area contributed by atoms with Crippen LogP contribution in [-0.2, 0) is 14.3 Å². The highest BCUT2D eigenvalue weighted by Crippen LogP contribution is 2.77. The van der Waals surface area contributed by atoms with Crippen LogP contribution in [0.4, 0.5) is 0 Å². The smallest absolute Gasteiger partial charge is 0.341 e. The van der Waals surface area contributed by atoms with Crippen LogP contribution >= 0.6 is 0 Å². The predicted molar refractivity (Wildman–Crippen MR) is 144 cm³/mol. The molecule has 7 nitrogen and oxygen atoms in total. The van der Waals surface area contributed by atoms with Crippen LogP contribution in [0.2, 0.25) is 0 Å². The molecule has 4 fully saturated rings. The molecule has 4 saturated carbocycles. The van der Waals surface area contributed by atoms with Crippen molar-refractivity contribution in [2.24, 2.45) is 45.3 Å². The molecule has 4 rings (SSSR count). The molecule has 38 heavy (non-hydrogen) atoms. The van der Waals surface area contributed by atoms with E-state index in [1.54, 1.807) is 13.0 Å². The molecule has 4 aliphatic carbocycles. The van der Waals surface area contributed by atoms with Crippen LogP contribution in [0.5, 0.6) is 0 Å². The zero-order valence-electron chi connectivity index (χ0n) is 24.8. The average Bonchev–Trinajstić information content (AvgIpc) is 3.19. The van der Waals surface area contributed by atoms with Gasteiger partial charge in [0.1, 0.15) is 6.10 Å². The molecule has 11 atom stereocenters. The van der Waals surface area contributed by atoms with Gasteiger partial charge in [0.2, 0.25) is 0 Å². The summed E-state index contributed by atoms with van der Waals surface area (Å²) in [6.45, 7) is 15.6. The molecule has 0 radical (unpaired) electrons. The summed E-state index contributed by atoms with van der Waals surface area (Å²) in [6.07, 6.45) is 2.96. The SMILES string of the molecule is COC(=O)[C@@]1(O)[C@H](O)[C@]2(C)[C@H]3[C@H](O)C[C@@H]4C([C@](C)(O)CC(=O)C=C(C)C)CC[C@@]4(C)[C@]3(C)CC[C@H]2C1(C)C. The minimum absolute atomic E-state index is 0.000509. The summed E-state index contributed by atoms with van der Waals surface area (Å²) in [5, 5.41) is 47.2. The Morgan fingerprint density at radius 1 is 1.03 bits per heavy atom. The summed E-state index contributed by atoms with van der Waals surface area (Å²) in [5.41, 5.74) is -4.93. The van der Waals surface area contributed by atoms with Crippen LogP contribution in [0.15, 0.2) is 11.6 Å². The van der Waals surface area contributed by atoms with Gasteiger partial charge in [-0.25, -0.2) is 4.79 Å². The third-order valence-electron chi connectivity index (χ3n) is 12.6. The van der Waals surface area contributed by atoms with Crippen molar-refractivity contribution in [3.05, 3.63) is 11.6 Å². The molecule has 0 aromatic heterocycles. The van der Waals surface area contributed by atoms with Gasteiger partial charge in [0.05, 0.1) is 18.8 Å². The van der Waals surface area contributed by atoms with Crippen molar-refractivity contribution in [2.45, 2.75) is 117 Å². The Kier molecular flexibility index (Phi) is 6.92. The van der Waals surface area contributed by atoms with Gasteiger partial charge in [0, 0.05) is 17.3 Å². The van der Waals surface area contributed by atoms with Crippen molar-refractivity contribution in [1.82, 2.24) is 0 Å². The van der Waals surface area contributed by atoms with Gasteiger partial charge in [0.25, 0.3) is 0 Å². The quantitative estimate of drug-likeness (QED) is 0.312. The van der Waals surface area contributed by atoms with Crippen molar-refractivity contribution in [2.75, 3.05) is 7.11 Å². The van der Waals surface area contributed by atoms with E-state index in [4.69, 9.17) is 4.74 Å². The van der Waals surface area contributed by atoms with E-state index in [2.05, 4.69) is 13.8 Å². The summed E-state index contributed by atoms with van der Waals surface area (Å²) in [5.74, 6) is -1.63. The first-order valence-corrected chi connectivity index (χ1v) is 14.3. The highest BCUT2D eigenvalue weighted by atomic mass is 16.5. The number of carbonyl (C=O) groups excluding carboxylic acids is 2. The molecule has 0 saturated heterocycles. The standard InChI is InChI=1S/C31H50O7/c1-17(2)14-18(32)16-29(7,36)19-10-12-27(5)20(19)15-21(33)23-28(27,6)13-11-22-26(3,4)31(37,25(35)38-9)24(34)30(22,23)8/h14,19-24,33-34,36-37H,10-13,15-16H2,1-9H3/t19?,20-,21-,22+,23+,24-,27-,28-,29-,30+,31+/m1/s1. The Hall–Kier alpha value is -1.28. The molecule has 7 heteroatoms. The lowest BCUT2D eigenvalue weighted by Crippen LogP contribution is -2.66. The Balaban J connectivity index is 1.75. The largest absolute Gasteiger partial charge is 0.467 e. The van der Waals surface area contributed by atoms with Gasteiger partial charge in [-0.2, -0.15) is 0 Å². The van der Waals surface area contributed by atoms with Crippen molar-refractivity contribution < 1.29 is 34.8 Å². The second-order valence-corrected chi connectivity index (χ2v) is 14.9. The first-order chi connectivity index (χ1) is 17.3. The first kappa shape index (κ1) is 29.7. The number of ether oxygens (including phenoxy) is 1. The molecule has 1 unspecified atom stereocenters. The Morgan fingerprint density at radius 2 is 1.61 bits per heavy atom. The van der Waals surface area contributed by atoms with E-state index in [1.807, 2.05) is 34.6 Å². The maximum atomic E-state index is 13.0. The van der Waals surface area contributed by atoms with Gasteiger partial charge in [-0.05, 0) is 93.5 Å². The molecule has 0 spiro atoms. The molecule has 0 heterocycles. The zero-order chi connectivity index (χ0) is 28.9. The summed E-state index contributed by atoms with van der Waals surface area (Å²) < 4.78 is 5.01. The normalized spacial score (nSPS) is 48.8. The fourth-order valence-corrected chi connectivity index (χ4v) is 10.8. The first-order valence-electron chi connectivity index (χ1n) is 14.3. The summed E-state index contributed by atoms with van der Waals surface area (Å²) >= 11 is 0. The fraction of sp³-hybridized carbons (Fsp3) is 0.871. The maximum Gasteiger partial charge on any atom is 0.341 e. The van der Waals surface area contributed by atoms with Gasteiger partial charge in [-0.1, -0.05) is 40.2 Å². The molecular weight excluding hydrogens is 484 g/mol. The number of ketones is 1.